The van der Waals surface area contributed by atoms with Crippen LogP contribution in [0.2, 0.25) is 0 Å². The van der Waals surface area contributed by atoms with Gasteiger partial charge in [-0.05, 0) is 62.3 Å². The number of alkyl halides is 3. The molecule has 2 amide bonds. The number of carbonyl (C=O) groups excluding carboxylic acids is 2. The maximum absolute atomic E-state index is 14.2. The van der Waals surface area contributed by atoms with Crippen molar-refractivity contribution >= 4 is 23.3 Å². The van der Waals surface area contributed by atoms with E-state index in [-0.39, 0.29) is 35.8 Å². The Bertz CT molecular complexity index is 1280. The molecule has 9 nitrogen and oxygen atoms in total. The fraction of sp³-hybridized carbons (Fsp3) is 0.621. The number of amides is 2. The predicted octanol–water partition coefficient (Wildman–Crippen LogP) is 4.06. The van der Waals surface area contributed by atoms with Crippen LogP contribution in [0.1, 0.15) is 43.7 Å². The van der Waals surface area contributed by atoms with Gasteiger partial charge in [0.25, 0.3) is 0 Å². The summed E-state index contributed by atoms with van der Waals surface area (Å²) in [6, 6.07) is 4.87. The largest absolute Gasteiger partial charge is 0.418 e. The predicted molar refractivity (Wildman–Crippen MR) is 147 cm³/mol. The van der Waals surface area contributed by atoms with Crippen molar-refractivity contribution in [1.29, 1.82) is 0 Å². The molecule has 222 valence electrons. The number of anilines is 2. The van der Waals surface area contributed by atoms with Crippen LogP contribution < -0.4 is 9.80 Å². The molecule has 0 spiro atoms. The van der Waals surface area contributed by atoms with Crippen LogP contribution in [0.5, 0.6) is 0 Å². The molecular formula is C29H37F3N6O3. The van der Waals surface area contributed by atoms with Crippen LogP contribution in [0.4, 0.5) is 29.3 Å². The normalized spacial score (nSPS) is 27.5. The number of aromatic nitrogens is 2. The van der Waals surface area contributed by atoms with Gasteiger partial charge in [0.15, 0.2) is 0 Å². The summed E-state index contributed by atoms with van der Waals surface area (Å²) in [4.78, 5) is 32.0. The highest BCUT2D eigenvalue weighted by Crippen LogP contribution is 2.44. The van der Waals surface area contributed by atoms with Gasteiger partial charge < -0.3 is 19.4 Å². The first kappa shape index (κ1) is 28.0. The first-order chi connectivity index (χ1) is 19.5. The molecule has 6 rings (SSSR count). The van der Waals surface area contributed by atoms with Crippen LogP contribution in [0.25, 0.3) is 0 Å². The molecule has 1 aromatic carbocycles. The molecule has 3 aliphatic heterocycles. The second-order valence-electron chi connectivity index (χ2n) is 12.1. The van der Waals surface area contributed by atoms with E-state index in [1.165, 1.54) is 28.8 Å². The Morgan fingerprint density at radius 3 is 2.34 bits per heavy atom. The van der Waals surface area contributed by atoms with Gasteiger partial charge in [0.1, 0.15) is 0 Å². The van der Waals surface area contributed by atoms with E-state index in [9.17, 15) is 22.8 Å². The van der Waals surface area contributed by atoms with Gasteiger partial charge in [-0.25, -0.2) is 4.79 Å². The van der Waals surface area contributed by atoms with Gasteiger partial charge in [0.05, 0.1) is 48.9 Å². The second-order valence-corrected chi connectivity index (χ2v) is 12.1. The molecule has 1 aromatic heterocycles. The van der Waals surface area contributed by atoms with E-state index >= 15 is 0 Å². The van der Waals surface area contributed by atoms with Crippen molar-refractivity contribution in [2.75, 3.05) is 50.2 Å². The van der Waals surface area contributed by atoms with Crippen LogP contribution in [0, 0.1) is 11.8 Å². The Balaban J connectivity index is 1.08. The summed E-state index contributed by atoms with van der Waals surface area (Å²) in [6.45, 7) is 4.09. The highest BCUT2D eigenvalue weighted by molar-refractivity contribution is 5.91. The van der Waals surface area contributed by atoms with Crippen molar-refractivity contribution in [2.45, 2.75) is 63.5 Å². The van der Waals surface area contributed by atoms with E-state index in [1.807, 2.05) is 22.9 Å². The summed E-state index contributed by atoms with van der Waals surface area (Å²) in [5.74, 6) is 0.537. The Hall–Kier alpha value is -3.12. The Kier molecular flexibility index (Phi) is 7.25. The summed E-state index contributed by atoms with van der Waals surface area (Å²) in [5, 5.41) is 4.15. The summed E-state index contributed by atoms with van der Waals surface area (Å²) < 4.78 is 49.5. The number of benzene rings is 1. The molecule has 41 heavy (non-hydrogen) atoms. The lowest BCUT2D eigenvalue weighted by molar-refractivity contribution is -0.137. The molecule has 0 radical (unpaired) electrons. The minimum Gasteiger partial charge on any atom is -0.377 e. The highest BCUT2D eigenvalue weighted by atomic mass is 19.4. The number of carbonyl (C=O) groups is 2. The van der Waals surface area contributed by atoms with Crippen molar-refractivity contribution in [3.63, 3.8) is 0 Å². The van der Waals surface area contributed by atoms with E-state index in [2.05, 4.69) is 10.00 Å². The lowest BCUT2D eigenvalue weighted by atomic mass is 10.0. The van der Waals surface area contributed by atoms with E-state index in [0.29, 0.717) is 55.9 Å². The highest BCUT2D eigenvalue weighted by Gasteiger charge is 2.45. The van der Waals surface area contributed by atoms with Gasteiger partial charge >= 0.3 is 12.2 Å². The molecule has 2 unspecified atom stereocenters. The summed E-state index contributed by atoms with van der Waals surface area (Å²) >= 11 is 0. The van der Waals surface area contributed by atoms with Gasteiger partial charge in [-0.3, -0.25) is 9.69 Å². The topological polar surface area (TPSA) is 74.2 Å². The number of likely N-dealkylation sites (tertiary alicyclic amines) is 1. The van der Waals surface area contributed by atoms with Gasteiger partial charge in [-0.2, -0.15) is 23.0 Å². The zero-order valence-corrected chi connectivity index (χ0v) is 23.7. The molecular weight excluding hydrogens is 537 g/mol. The molecule has 4 heterocycles. The second kappa shape index (κ2) is 10.6. The first-order valence-corrected chi connectivity index (χ1v) is 14.3. The number of rotatable bonds is 5. The van der Waals surface area contributed by atoms with Crippen molar-refractivity contribution in [3.05, 3.63) is 41.7 Å². The third kappa shape index (κ3) is 5.31. The molecule has 3 saturated heterocycles. The average molecular weight is 575 g/mol. The zero-order chi connectivity index (χ0) is 29.1. The van der Waals surface area contributed by atoms with Crippen molar-refractivity contribution < 1.29 is 27.5 Å². The molecule has 2 bridgehead atoms. The number of morpholine rings is 1. The van der Waals surface area contributed by atoms with Crippen molar-refractivity contribution in [2.24, 2.45) is 11.8 Å². The molecule has 4 atom stereocenters. The molecule has 1 saturated carbocycles. The standard InChI is InChI=1S/C29H37F3N6O3/c1-18(39)35(3)25-11-33-37(15-25)28(40)36-13-20-9-24(10-21(20)14-36)34(2)12-19-4-7-27(26(8-19)29(30,31)32)38-22-5-6-23(38)17-41-16-22/h4,7-8,11,15,20-24H,5-6,9-10,12-14,16-17H2,1-3H3/t20?,21?,22-,23-,24?/m0/s1. The van der Waals surface area contributed by atoms with E-state index < -0.39 is 11.7 Å². The van der Waals surface area contributed by atoms with Crippen LogP contribution in [-0.2, 0) is 22.3 Å². The lowest BCUT2D eigenvalue weighted by Crippen LogP contribution is -2.46. The quantitative estimate of drug-likeness (QED) is 0.537. The number of hydrogen-bond donors (Lipinski definition) is 0. The Morgan fingerprint density at radius 2 is 1.73 bits per heavy atom. The van der Waals surface area contributed by atoms with Crippen LogP contribution >= 0.6 is 0 Å². The number of hydrogen-bond acceptors (Lipinski definition) is 6. The van der Waals surface area contributed by atoms with Gasteiger partial charge in [-0.1, -0.05) is 6.07 Å². The van der Waals surface area contributed by atoms with Crippen LogP contribution in [0.3, 0.4) is 0 Å². The number of ether oxygens (including phenoxy) is 1. The lowest BCUT2D eigenvalue weighted by Gasteiger charge is -2.38. The van der Waals surface area contributed by atoms with Gasteiger partial charge in [0, 0.05) is 45.3 Å². The maximum Gasteiger partial charge on any atom is 0.418 e. The minimum atomic E-state index is -4.43. The summed E-state index contributed by atoms with van der Waals surface area (Å²) in [7, 11) is 3.62. The third-order valence-corrected chi connectivity index (χ3v) is 9.56. The molecule has 0 N–H and O–H groups in total. The molecule has 12 heteroatoms. The average Bonchev–Trinajstić information content (AvgIpc) is 3.69. The van der Waals surface area contributed by atoms with E-state index in [4.69, 9.17) is 4.74 Å². The number of fused-ring (bicyclic) bond motifs is 3. The summed E-state index contributed by atoms with van der Waals surface area (Å²) in [6.07, 6.45) is 2.15. The van der Waals surface area contributed by atoms with Crippen molar-refractivity contribution in [1.82, 2.24) is 19.6 Å². The number of halogens is 3. The smallest absolute Gasteiger partial charge is 0.377 e. The molecule has 2 aromatic rings. The first-order valence-electron chi connectivity index (χ1n) is 14.3. The van der Waals surface area contributed by atoms with Crippen LogP contribution in [-0.4, -0.2) is 90.0 Å². The fourth-order valence-electron chi connectivity index (χ4n) is 7.27. The number of nitrogens with zero attached hydrogens (tertiary/aromatic N) is 6. The van der Waals surface area contributed by atoms with Crippen LogP contribution in [0.15, 0.2) is 30.6 Å². The Labute approximate surface area is 237 Å². The molecule has 4 aliphatic rings. The fourth-order valence-corrected chi connectivity index (χ4v) is 7.27. The van der Waals surface area contributed by atoms with Gasteiger partial charge in [0.2, 0.25) is 5.91 Å². The summed E-state index contributed by atoms with van der Waals surface area (Å²) in [5.41, 5.74) is 0.932. The zero-order valence-electron chi connectivity index (χ0n) is 23.7. The van der Waals surface area contributed by atoms with Crippen molar-refractivity contribution in [3.8, 4) is 0 Å². The third-order valence-electron chi connectivity index (χ3n) is 9.56. The molecule has 1 aliphatic carbocycles. The van der Waals surface area contributed by atoms with E-state index in [1.54, 1.807) is 19.3 Å². The molecule has 4 fully saturated rings. The minimum absolute atomic E-state index is 0.00458. The monoisotopic (exact) mass is 574 g/mol. The SMILES string of the molecule is CC(=O)N(C)c1cnn(C(=O)N2CC3CC(N(C)Cc4ccc(N5[C@H]6CC[C@H]5COC6)c(C(F)(F)F)c4)CC3C2)c1. The van der Waals surface area contributed by atoms with Gasteiger partial charge in [-0.15, -0.1) is 0 Å². The van der Waals surface area contributed by atoms with E-state index in [0.717, 1.165) is 25.7 Å². The maximum atomic E-state index is 14.2. The Morgan fingerprint density at radius 1 is 1.07 bits per heavy atom.